The van der Waals surface area contributed by atoms with Gasteiger partial charge in [0.05, 0.1) is 0 Å². The lowest BCUT2D eigenvalue weighted by molar-refractivity contribution is 0.359. The molecule has 17 heavy (non-hydrogen) atoms. The van der Waals surface area contributed by atoms with Gasteiger partial charge in [-0.1, -0.05) is 44.9 Å². The van der Waals surface area contributed by atoms with Crippen LogP contribution < -0.4 is 0 Å². The lowest BCUT2D eigenvalue weighted by atomic mass is 9.70. The van der Waals surface area contributed by atoms with Crippen LogP contribution in [0.4, 0.5) is 0 Å². The Hall–Kier alpha value is -0.780. The number of hydrogen-bond acceptors (Lipinski definition) is 0. The Labute approximate surface area is 107 Å². The molecule has 0 spiro atoms. The van der Waals surface area contributed by atoms with E-state index in [0.717, 1.165) is 0 Å². The number of benzene rings is 1. The lowest BCUT2D eigenvalue weighted by Crippen LogP contribution is -2.25. The molecule has 0 N–H and O–H groups in total. The predicted molar refractivity (Wildman–Crippen MR) is 77.8 cm³/mol. The standard InChI is InChI=1S/C17H28/c1-7-10-17(8-2,9-3)16-12-13(4)11-14(5)15(16)6/h11-12H,7-10H2,1-6H3. The van der Waals surface area contributed by atoms with Crippen LogP contribution >= 0.6 is 0 Å². The molecule has 0 saturated carbocycles. The van der Waals surface area contributed by atoms with Crippen LogP contribution in [0.5, 0.6) is 0 Å². The largest absolute Gasteiger partial charge is 0.0654 e. The minimum Gasteiger partial charge on any atom is -0.0654 e. The van der Waals surface area contributed by atoms with Crippen molar-refractivity contribution in [2.24, 2.45) is 0 Å². The fourth-order valence-corrected chi connectivity index (χ4v) is 3.19. The molecule has 1 rings (SSSR count). The summed E-state index contributed by atoms with van der Waals surface area (Å²) in [5, 5.41) is 0. The molecule has 0 radical (unpaired) electrons. The Balaban J connectivity index is 3.36. The Morgan fingerprint density at radius 3 is 2.00 bits per heavy atom. The van der Waals surface area contributed by atoms with Crippen LogP contribution in [0.15, 0.2) is 12.1 Å². The fraction of sp³-hybridized carbons (Fsp3) is 0.647. The van der Waals surface area contributed by atoms with E-state index in [9.17, 15) is 0 Å². The van der Waals surface area contributed by atoms with Crippen LogP contribution in [0.3, 0.4) is 0 Å². The fourth-order valence-electron chi connectivity index (χ4n) is 3.19. The van der Waals surface area contributed by atoms with Gasteiger partial charge in [0.1, 0.15) is 0 Å². The van der Waals surface area contributed by atoms with Crippen molar-refractivity contribution in [1.82, 2.24) is 0 Å². The van der Waals surface area contributed by atoms with Crippen molar-refractivity contribution in [1.29, 1.82) is 0 Å². The highest BCUT2D eigenvalue weighted by Crippen LogP contribution is 2.39. The summed E-state index contributed by atoms with van der Waals surface area (Å²) in [6.07, 6.45) is 5.08. The second-order valence-corrected chi connectivity index (χ2v) is 5.49. The average Bonchev–Trinajstić information content (AvgIpc) is 2.31. The van der Waals surface area contributed by atoms with E-state index in [1.807, 2.05) is 0 Å². The first-order valence-electron chi connectivity index (χ1n) is 7.09. The Bertz CT molecular complexity index is 370. The van der Waals surface area contributed by atoms with E-state index in [-0.39, 0.29) is 0 Å². The molecule has 0 fully saturated rings. The average molecular weight is 232 g/mol. The molecule has 96 valence electrons. The monoisotopic (exact) mass is 232 g/mol. The summed E-state index contributed by atoms with van der Waals surface area (Å²) >= 11 is 0. The molecule has 1 aromatic rings. The summed E-state index contributed by atoms with van der Waals surface area (Å²) < 4.78 is 0. The van der Waals surface area contributed by atoms with Gasteiger partial charge in [-0.3, -0.25) is 0 Å². The van der Waals surface area contributed by atoms with Gasteiger partial charge in [-0.2, -0.15) is 0 Å². The maximum absolute atomic E-state index is 2.42. The van der Waals surface area contributed by atoms with Crippen molar-refractivity contribution >= 4 is 0 Å². The van der Waals surface area contributed by atoms with E-state index in [4.69, 9.17) is 0 Å². The normalized spacial score (nSPS) is 11.9. The highest BCUT2D eigenvalue weighted by molar-refractivity contribution is 5.42. The molecule has 0 nitrogen and oxygen atoms in total. The maximum atomic E-state index is 2.42. The van der Waals surface area contributed by atoms with Crippen molar-refractivity contribution in [2.45, 2.75) is 72.6 Å². The van der Waals surface area contributed by atoms with Crippen LogP contribution in [0, 0.1) is 20.8 Å². The lowest BCUT2D eigenvalue weighted by Gasteiger charge is -2.34. The number of hydrogen-bond donors (Lipinski definition) is 0. The van der Waals surface area contributed by atoms with Gasteiger partial charge in [0.15, 0.2) is 0 Å². The number of aryl methyl sites for hydroxylation is 2. The highest BCUT2D eigenvalue weighted by Gasteiger charge is 2.29. The van der Waals surface area contributed by atoms with Gasteiger partial charge in [-0.25, -0.2) is 0 Å². The smallest absolute Gasteiger partial charge is 0.00495 e. The highest BCUT2D eigenvalue weighted by atomic mass is 14.3. The molecular formula is C17H28. The molecule has 0 aromatic heterocycles. The van der Waals surface area contributed by atoms with Crippen LogP contribution in [0.25, 0.3) is 0 Å². The Morgan fingerprint density at radius 1 is 0.941 bits per heavy atom. The Kier molecular flexibility index (Phi) is 4.80. The molecule has 0 unspecified atom stereocenters. The molecule has 0 aliphatic rings. The van der Waals surface area contributed by atoms with E-state index >= 15 is 0 Å². The third-order valence-electron chi connectivity index (χ3n) is 4.47. The molecule has 0 aliphatic carbocycles. The van der Waals surface area contributed by atoms with Crippen LogP contribution in [0.2, 0.25) is 0 Å². The molecule has 0 aliphatic heterocycles. The minimum atomic E-state index is 0.398. The van der Waals surface area contributed by atoms with Gasteiger partial charge in [0.25, 0.3) is 0 Å². The van der Waals surface area contributed by atoms with Gasteiger partial charge in [-0.15, -0.1) is 0 Å². The first kappa shape index (κ1) is 14.3. The summed E-state index contributed by atoms with van der Waals surface area (Å²) in [7, 11) is 0. The third kappa shape index (κ3) is 2.73. The van der Waals surface area contributed by atoms with E-state index in [1.165, 1.54) is 42.4 Å². The van der Waals surface area contributed by atoms with Crippen molar-refractivity contribution in [3.8, 4) is 0 Å². The van der Waals surface area contributed by atoms with Gasteiger partial charge < -0.3 is 0 Å². The molecule has 0 saturated heterocycles. The van der Waals surface area contributed by atoms with Crippen molar-refractivity contribution < 1.29 is 0 Å². The van der Waals surface area contributed by atoms with Gasteiger partial charge in [0, 0.05) is 0 Å². The van der Waals surface area contributed by atoms with E-state index in [2.05, 4.69) is 53.7 Å². The number of rotatable bonds is 5. The quantitative estimate of drug-likeness (QED) is 0.631. The van der Waals surface area contributed by atoms with Crippen molar-refractivity contribution in [3.63, 3.8) is 0 Å². The summed E-state index contributed by atoms with van der Waals surface area (Å²) in [6.45, 7) is 13.7. The van der Waals surface area contributed by atoms with Crippen molar-refractivity contribution in [2.75, 3.05) is 0 Å². The second kappa shape index (κ2) is 5.71. The van der Waals surface area contributed by atoms with Crippen molar-refractivity contribution in [3.05, 3.63) is 34.4 Å². The summed E-state index contributed by atoms with van der Waals surface area (Å²) in [5.41, 5.74) is 6.36. The van der Waals surface area contributed by atoms with Crippen LogP contribution in [-0.2, 0) is 5.41 Å². The second-order valence-electron chi connectivity index (χ2n) is 5.49. The molecule has 0 bridgehead atoms. The first-order valence-corrected chi connectivity index (χ1v) is 7.09. The molecule has 0 atom stereocenters. The minimum absolute atomic E-state index is 0.398. The molecule has 0 heteroatoms. The summed E-state index contributed by atoms with van der Waals surface area (Å²) in [5.74, 6) is 0. The summed E-state index contributed by atoms with van der Waals surface area (Å²) in [4.78, 5) is 0. The predicted octanol–water partition coefficient (Wildman–Crippen LogP) is 5.47. The van der Waals surface area contributed by atoms with Crippen LogP contribution in [0.1, 0.15) is 68.7 Å². The SMILES string of the molecule is CCCC(CC)(CC)c1cc(C)cc(C)c1C. The molecular weight excluding hydrogens is 204 g/mol. The molecule has 0 amide bonds. The zero-order chi connectivity index (χ0) is 13.1. The Morgan fingerprint density at radius 2 is 1.53 bits per heavy atom. The molecule has 1 aromatic carbocycles. The van der Waals surface area contributed by atoms with E-state index < -0.39 is 0 Å². The van der Waals surface area contributed by atoms with Gasteiger partial charge >= 0.3 is 0 Å². The van der Waals surface area contributed by atoms with Gasteiger partial charge in [0.2, 0.25) is 0 Å². The molecule has 0 heterocycles. The maximum Gasteiger partial charge on any atom is -0.00495 e. The van der Waals surface area contributed by atoms with E-state index in [1.54, 1.807) is 5.56 Å². The topological polar surface area (TPSA) is 0 Å². The zero-order valence-electron chi connectivity index (χ0n) is 12.5. The third-order valence-corrected chi connectivity index (χ3v) is 4.47. The zero-order valence-corrected chi connectivity index (χ0v) is 12.5. The van der Waals surface area contributed by atoms with Gasteiger partial charge in [-0.05, 0) is 62.1 Å². The van der Waals surface area contributed by atoms with Crippen LogP contribution in [-0.4, -0.2) is 0 Å². The summed E-state index contributed by atoms with van der Waals surface area (Å²) in [6, 6.07) is 4.73. The van der Waals surface area contributed by atoms with E-state index in [0.29, 0.717) is 5.41 Å². The first-order chi connectivity index (χ1) is 8.00.